The molecule has 2 aromatic carbocycles. The quantitative estimate of drug-likeness (QED) is 0.567. The van der Waals surface area contributed by atoms with E-state index in [2.05, 4.69) is 15.1 Å². The molecule has 8 nitrogen and oxygen atoms in total. The summed E-state index contributed by atoms with van der Waals surface area (Å²) in [6, 6.07) is 14.5. The van der Waals surface area contributed by atoms with Gasteiger partial charge in [0.15, 0.2) is 12.3 Å². The normalized spacial score (nSPS) is 14.9. The fourth-order valence-corrected chi connectivity index (χ4v) is 3.77. The first-order chi connectivity index (χ1) is 15.2. The molecule has 0 spiro atoms. The molecule has 1 N–H and O–H groups in total. The lowest BCUT2D eigenvalue weighted by Gasteiger charge is -2.27. The molecule has 1 aromatic heterocycles. The Bertz CT molecular complexity index is 1070. The standard InChI is InChI=1S/C23H26N4O4/c1-30-17-9-11-18(12-10-17)31-15-21(28)24-25-22-19-7-3-4-8-20(19)27(23(22)29)16-26-13-5-2-6-14-26/h3-4,7-12,29H,2,5-6,13-16H2,1H3. The van der Waals surface area contributed by atoms with Crippen molar-refractivity contribution < 1.29 is 19.4 Å². The number of hydrogen-bond acceptors (Lipinski definition) is 6. The number of aromatic nitrogens is 1. The largest absolute Gasteiger partial charge is 0.497 e. The van der Waals surface area contributed by atoms with Crippen LogP contribution in [0, 0.1) is 0 Å². The topological polar surface area (TPSA) is 88.6 Å². The number of likely N-dealkylation sites (tertiary alicyclic amines) is 1. The molecule has 0 aliphatic carbocycles. The maximum absolute atomic E-state index is 12.2. The van der Waals surface area contributed by atoms with E-state index in [1.807, 2.05) is 28.8 Å². The van der Waals surface area contributed by atoms with Gasteiger partial charge in [0.25, 0.3) is 0 Å². The van der Waals surface area contributed by atoms with Crippen LogP contribution < -0.4 is 9.47 Å². The average Bonchev–Trinajstić information content (AvgIpc) is 3.08. The molecule has 8 heteroatoms. The zero-order valence-corrected chi connectivity index (χ0v) is 17.5. The molecule has 0 unspecified atom stereocenters. The van der Waals surface area contributed by atoms with Crippen LogP contribution in [0.25, 0.3) is 10.9 Å². The molecule has 1 saturated heterocycles. The fraction of sp³-hybridized carbons (Fsp3) is 0.348. The van der Waals surface area contributed by atoms with E-state index in [-0.39, 0.29) is 12.5 Å². The van der Waals surface area contributed by atoms with Crippen LogP contribution in [-0.4, -0.2) is 47.3 Å². The third-order valence-electron chi connectivity index (χ3n) is 5.39. The van der Waals surface area contributed by atoms with Gasteiger partial charge in [0.2, 0.25) is 5.88 Å². The number of piperidine rings is 1. The number of methoxy groups -OCH3 is 1. The fourth-order valence-electron chi connectivity index (χ4n) is 3.77. The lowest BCUT2D eigenvalue weighted by atomic mass is 10.1. The van der Waals surface area contributed by atoms with Gasteiger partial charge < -0.3 is 14.6 Å². The SMILES string of the molecule is COc1ccc(OCC(=O)N=Nc2c(O)n(CN3CCCCC3)c3ccccc23)cc1. The number of carbonyl (C=O) groups excluding carboxylic acids is 1. The van der Waals surface area contributed by atoms with Crippen molar-refractivity contribution in [1.29, 1.82) is 0 Å². The minimum absolute atomic E-state index is 0.0133. The summed E-state index contributed by atoms with van der Waals surface area (Å²) in [6.07, 6.45) is 3.57. The summed E-state index contributed by atoms with van der Waals surface area (Å²) in [5, 5.41) is 19.4. The van der Waals surface area contributed by atoms with Crippen LogP contribution in [0.4, 0.5) is 5.69 Å². The number of aromatic hydroxyl groups is 1. The number of fused-ring (bicyclic) bond motifs is 1. The van der Waals surface area contributed by atoms with Gasteiger partial charge in [0.1, 0.15) is 11.5 Å². The molecular weight excluding hydrogens is 396 g/mol. The van der Waals surface area contributed by atoms with Crippen molar-refractivity contribution in [3.05, 3.63) is 48.5 Å². The Morgan fingerprint density at radius 2 is 1.74 bits per heavy atom. The number of ether oxygens (including phenoxy) is 2. The predicted octanol–water partition coefficient (Wildman–Crippen LogP) is 4.49. The molecule has 0 radical (unpaired) electrons. The lowest BCUT2D eigenvalue weighted by molar-refractivity contribution is -0.120. The van der Waals surface area contributed by atoms with Gasteiger partial charge in [-0.25, -0.2) is 0 Å². The first kappa shape index (κ1) is 20.9. The van der Waals surface area contributed by atoms with Gasteiger partial charge in [-0.05, 0) is 56.3 Å². The Hall–Kier alpha value is -3.39. The van der Waals surface area contributed by atoms with Crippen LogP contribution in [0.15, 0.2) is 58.8 Å². The van der Waals surface area contributed by atoms with Gasteiger partial charge in [-0.3, -0.25) is 14.3 Å². The highest BCUT2D eigenvalue weighted by molar-refractivity contribution is 5.95. The third kappa shape index (κ3) is 4.86. The van der Waals surface area contributed by atoms with Crippen molar-refractivity contribution in [3.63, 3.8) is 0 Å². The molecule has 1 aliphatic rings. The zero-order chi connectivity index (χ0) is 21.6. The van der Waals surface area contributed by atoms with Gasteiger partial charge in [0, 0.05) is 5.39 Å². The predicted molar refractivity (Wildman–Crippen MR) is 117 cm³/mol. The maximum atomic E-state index is 12.2. The zero-order valence-electron chi connectivity index (χ0n) is 17.5. The van der Waals surface area contributed by atoms with E-state index < -0.39 is 5.91 Å². The Labute approximate surface area is 180 Å². The molecular formula is C23H26N4O4. The van der Waals surface area contributed by atoms with Crippen molar-refractivity contribution >= 4 is 22.5 Å². The van der Waals surface area contributed by atoms with Gasteiger partial charge in [-0.2, -0.15) is 0 Å². The second kappa shape index (κ2) is 9.61. The van der Waals surface area contributed by atoms with Crippen LogP contribution in [0.1, 0.15) is 19.3 Å². The van der Waals surface area contributed by atoms with E-state index in [4.69, 9.17) is 9.47 Å². The Balaban J connectivity index is 1.48. The minimum atomic E-state index is -0.539. The second-order valence-corrected chi connectivity index (χ2v) is 7.50. The Morgan fingerprint density at radius 1 is 1.03 bits per heavy atom. The number of azo groups is 1. The first-order valence-electron chi connectivity index (χ1n) is 10.4. The van der Waals surface area contributed by atoms with Crippen LogP contribution in [0.5, 0.6) is 17.4 Å². The van der Waals surface area contributed by atoms with Crippen LogP contribution in [0.2, 0.25) is 0 Å². The molecule has 0 bridgehead atoms. The van der Waals surface area contributed by atoms with E-state index in [1.165, 1.54) is 6.42 Å². The summed E-state index contributed by atoms with van der Waals surface area (Å²) < 4.78 is 12.4. The summed E-state index contributed by atoms with van der Waals surface area (Å²) in [5.74, 6) is 0.711. The van der Waals surface area contributed by atoms with E-state index in [1.54, 1.807) is 31.4 Å². The van der Waals surface area contributed by atoms with Crippen molar-refractivity contribution in [2.24, 2.45) is 10.2 Å². The first-order valence-corrected chi connectivity index (χ1v) is 10.4. The highest BCUT2D eigenvalue weighted by atomic mass is 16.5. The maximum Gasteiger partial charge on any atom is 0.302 e. The highest BCUT2D eigenvalue weighted by Crippen LogP contribution is 2.39. The summed E-state index contributed by atoms with van der Waals surface area (Å²) in [4.78, 5) is 14.5. The lowest BCUT2D eigenvalue weighted by Crippen LogP contribution is -2.31. The van der Waals surface area contributed by atoms with Crippen molar-refractivity contribution in [1.82, 2.24) is 9.47 Å². The van der Waals surface area contributed by atoms with Crippen LogP contribution >= 0.6 is 0 Å². The van der Waals surface area contributed by atoms with E-state index in [0.29, 0.717) is 23.9 Å². The summed E-state index contributed by atoms with van der Waals surface area (Å²) in [7, 11) is 1.58. The number of carbonyl (C=O) groups is 1. The number of para-hydroxylation sites is 1. The summed E-state index contributed by atoms with van der Waals surface area (Å²) >= 11 is 0. The smallest absolute Gasteiger partial charge is 0.302 e. The Morgan fingerprint density at radius 3 is 2.48 bits per heavy atom. The van der Waals surface area contributed by atoms with E-state index >= 15 is 0 Å². The number of amides is 1. The number of rotatable bonds is 7. The van der Waals surface area contributed by atoms with Crippen LogP contribution in [0.3, 0.4) is 0 Å². The molecule has 4 rings (SSSR count). The van der Waals surface area contributed by atoms with Gasteiger partial charge in [0.05, 0.1) is 19.3 Å². The molecule has 3 aromatic rings. The van der Waals surface area contributed by atoms with Crippen molar-refractivity contribution in [2.45, 2.75) is 25.9 Å². The summed E-state index contributed by atoms with van der Waals surface area (Å²) in [6.45, 7) is 2.34. The number of benzene rings is 2. The number of hydrogen-bond donors (Lipinski definition) is 1. The second-order valence-electron chi connectivity index (χ2n) is 7.50. The van der Waals surface area contributed by atoms with E-state index in [9.17, 15) is 9.90 Å². The highest BCUT2D eigenvalue weighted by Gasteiger charge is 2.19. The molecule has 2 heterocycles. The molecule has 1 aliphatic heterocycles. The Kier molecular flexibility index (Phi) is 6.47. The summed E-state index contributed by atoms with van der Waals surface area (Å²) in [5.41, 5.74) is 1.16. The van der Waals surface area contributed by atoms with E-state index in [0.717, 1.165) is 36.8 Å². The third-order valence-corrected chi connectivity index (χ3v) is 5.39. The molecule has 0 atom stereocenters. The monoisotopic (exact) mass is 422 g/mol. The molecule has 1 amide bonds. The minimum Gasteiger partial charge on any atom is -0.497 e. The average molecular weight is 422 g/mol. The molecule has 162 valence electrons. The molecule has 1 fully saturated rings. The molecule has 0 saturated carbocycles. The van der Waals surface area contributed by atoms with Gasteiger partial charge in [-0.15, -0.1) is 10.2 Å². The van der Waals surface area contributed by atoms with Crippen molar-refractivity contribution in [2.75, 3.05) is 26.8 Å². The number of nitrogens with zero attached hydrogens (tertiary/aromatic N) is 4. The van der Waals surface area contributed by atoms with Gasteiger partial charge >= 0.3 is 5.91 Å². The van der Waals surface area contributed by atoms with Gasteiger partial charge in [-0.1, -0.05) is 24.6 Å². The van der Waals surface area contributed by atoms with Crippen LogP contribution in [-0.2, 0) is 11.5 Å². The van der Waals surface area contributed by atoms with Crippen molar-refractivity contribution in [3.8, 4) is 17.4 Å². The molecule has 31 heavy (non-hydrogen) atoms.